The first-order chi connectivity index (χ1) is 5.24. The van der Waals surface area contributed by atoms with E-state index in [4.69, 9.17) is 0 Å². The summed E-state index contributed by atoms with van der Waals surface area (Å²) in [7, 11) is 0. The lowest BCUT2D eigenvalue weighted by Gasteiger charge is -2.27. The summed E-state index contributed by atoms with van der Waals surface area (Å²) >= 11 is 0. The van der Waals surface area contributed by atoms with Crippen LogP contribution in [0.25, 0.3) is 0 Å². The van der Waals surface area contributed by atoms with Crippen LogP contribution in [0, 0.1) is 11.8 Å². The van der Waals surface area contributed by atoms with Crippen molar-refractivity contribution in [3.8, 4) is 0 Å². The molecule has 0 radical (unpaired) electrons. The van der Waals surface area contributed by atoms with E-state index < -0.39 is 0 Å². The summed E-state index contributed by atoms with van der Waals surface area (Å²) in [5.41, 5.74) is 1.61. The molecular formula is C11H20. The van der Waals surface area contributed by atoms with Crippen molar-refractivity contribution in [1.29, 1.82) is 0 Å². The van der Waals surface area contributed by atoms with Crippen molar-refractivity contribution < 1.29 is 0 Å². The second-order valence-electron chi connectivity index (χ2n) is 4.00. The van der Waals surface area contributed by atoms with Crippen molar-refractivity contribution in [3.05, 3.63) is 11.6 Å². The van der Waals surface area contributed by atoms with E-state index >= 15 is 0 Å². The second kappa shape index (κ2) is 3.94. The van der Waals surface area contributed by atoms with E-state index in [1.54, 1.807) is 5.57 Å². The summed E-state index contributed by atoms with van der Waals surface area (Å²) in [6, 6.07) is 0. The van der Waals surface area contributed by atoms with E-state index in [1.165, 1.54) is 25.7 Å². The van der Waals surface area contributed by atoms with Crippen molar-refractivity contribution in [2.24, 2.45) is 11.8 Å². The Morgan fingerprint density at radius 2 is 2.09 bits per heavy atom. The van der Waals surface area contributed by atoms with Crippen LogP contribution in [0.4, 0.5) is 0 Å². The Bertz CT molecular complexity index is 144. The third-order valence-electron chi connectivity index (χ3n) is 3.04. The Balaban J connectivity index is 2.46. The molecule has 0 nitrogen and oxygen atoms in total. The van der Waals surface area contributed by atoms with Gasteiger partial charge in [0.05, 0.1) is 0 Å². The molecule has 0 bridgehead atoms. The van der Waals surface area contributed by atoms with Crippen LogP contribution in [-0.2, 0) is 0 Å². The SMILES string of the molecule is CC=C(C)C1CCCC(C)C1. The molecule has 0 aromatic carbocycles. The molecule has 1 rings (SSSR count). The van der Waals surface area contributed by atoms with E-state index in [0.717, 1.165) is 11.8 Å². The predicted octanol–water partition coefficient (Wildman–Crippen LogP) is 3.78. The molecule has 1 aliphatic rings. The molecule has 2 atom stereocenters. The van der Waals surface area contributed by atoms with Gasteiger partial charge in [-0.3, -0.25) is 0 Å². The molecule has 0 amide bonds. The quantitative estimate of drug-likeness (QED) is 0.502. The lowest BCUT2D eigenvalue weighted by Crippen LogP contribution is -2.13. The van der Waals surface area contributed by atoms with Crippen LogP contribution >= 0.6 is 0 Å². The maximum atomic E-state index is 2.38. The average molecular weight is 152 g/mol. The van der Waals surface area contributed by atoms with E-state index in [0.29, 0.717) is 0 Å². The van der Waals surface area contributed by atoms with Gasteiger partial charge >= 0.3 is 0 Å². The molecule has 0 saturated heterocycles. The standard InChI is InChI=1S/C11H20/c1-4-10(3)11-7-5-6-9(2)8-11/h4,9,11H,5-8H2,1-3H3. The van der Waals surface area contributed by atoms with Crippen LogP contribution in [0.3, 0.4) is 0 Å². The van der Waals surface area contributed by atoms with E-state index in [9.17, 15) is 0 Å². The van der Waals surface area contributed by atoms with Gasteiger partial charge in [0.2, 0.25) is 0 Å². The predicted molar refractivity (Wildman–Crippen MR) is 50.6 cm³/mol. The van der Waals surface area contributed by atoms with Crippen molar-refractivity contribution in [2.45, 2.75) is 46.5 Å². The summed E-state index contributed by atoms with van der Waals surface area (Å²) in [4.78, 5) is 0. The third kappa shape index (κ3) is 2.36. The van der Waals surface area contributed by atoms with Crippen molar-refractivity contribution in [3.63, 3.8) is 0 Å². The van der Waals surface area contributed by atoms with Crippen molar-refractivity contribution >= 4 is 0 Å². The lowest BCUT2D eigenvalue weighted by molar-refractivity contribution is 0.314. The highest BCUT2D eigenvalue weighted by Gasteiger charge is 2.19. The second-order valence-corrected chi connectivity index (χ2v) is 4.00. The Labute approximate surface area is 70.7 Å². The first kappa shape index (κ1) is 8.83. The minimum atomic E-state index is 0.906. The molecule has 1 aliphatic carbocycles. The van der Waals surface area contributed by atoms with Gasteiger partial charge in [0.15, 0.2) is 0 Å². The topological polar surface area (TPSA) is 0 Å². The molecule has 0 heteroatoms. The molecule has 11 heavy (non-hydrogen) atoms. The maximum Gasteiger partial charge on any atom is -0.0204 e. The molecule has 0 aliphatic heterocycles. The molecule has 0 spiro atoms. The summed E-state index contributed by atoms with van der Waals surface area (Å²) < 4.78 is 0. The Morgan fingerprint density at radius 3 is 2.64 bits per heavy atom. The number of hydrogen-bond acceptors (Lipinski definition) is 0. The van der Waals surface area contributed by atoms with Crippen molar-refractivity contribution in [2.75, 3.05) is 0 Å². The summed E-state index contributed by atoms with van der Waals surface area (Å²) in [6.07, 6.45) is 8.03. The normalized spacial score (nSPS) is 33.9. The largest absolute Gasteiger partial charge is 0.0885 e. The van der Waals surface area contributed by atoms with Crippen LogP contribution in [0.5, 0.6) is 0 Å². The van der Waals surface area contributed by atoms with Gasteiger partial charge in [0.25, 0.3) is 0 Å². The fraction of sp³-hybridized carbons (Fsp3) is 0.818. The Hall–Kier alpha value is -0.260. The number of hydrogen-bond donors (Lipinski definition) is 0. The highest BCUT2D eigenvalue weighted by molar-refractivity contribution is 5.02. The molecule has 1 saturated carbocycles. The number of rotatable bonds is 1. The van der Waals surface area contributed by atoms with E-state index in [2.05, 4.69) is 26.8 Å². The summed E-state index contributed by atoms with van der Waals surface area (Å²) in [6.45, 7) is 6.83. The highest BCUT2D eigenvalue weighted by atomic mass is 14.2. The van der Waals surface area contributed by atoms with Gasteiger partial charge in [-0.1, -0.05) is 31.4 Å². The Kier molecular flexibility index (Phi) is 3.16. The zero-order valence-corrected chi connectivity index (χ0v) is 8.06. The fourth-order valence-electron chi connectivity index (χ4n) is 2.08. The van der Waals surface area contributed by atoms with E-state index in [1.807, 2.05) is 0 Å². The minimum absolute atomic E-state index is 0.906. The van der Waals surface area contributed by atoms with Gasteiger partial charge < -0.3 is 0 Å². The zero-order chi connectivity index (χ0) is 8.27. The lowest BCUT2D eigenvalue weighted by atomic mass is 9.79. The average Bonchev–Trinajstić information content (AvgIpc) is 2.03. The first-order valence-electron chi connectivity index (χ1n) is 4.87. The third-order valence-corrected chi connectivity index (χ3v) is 3.04. The minimum Gasteiger partial charge on any atom is -0.0885 e. The van der Waals surface area contributed by atoms with Crippen LogP contribution < -0.4 is 0 Å². The zero-order valence-electron chi connectivity index (χ0n) is 8.06. The van der Waals surface area contributed by atoms with Gasteiger partial charge in [0.1, 0.15) is 0 Å². The van der Waals surface area contributed by atoms with Gasteiger partial charge in [-0.15, -0.1) is 0 Å². The Morgan fingerprint density at radius 1 is 1.36 bits per heavy atom. The molecular weight excluding hydrogens is 132 g/mol. The molecule has 0 heterocycles. The van der Waals surface area contributed by atoms with Gasteiger partial charge in [-0.25, -0.2) is 0 Å². The first-order valence-corrected chi connectivity index (χ1v) is 4.87. The molecule has 0 aromatic heterocycles. The molecule has 0 N–H and O–H groups in total. The van der Waals surface area contributed by atoms with Gasteiger partial charge in [-0.05, 0) is 38.5 Å². The monoisotopic (exact) mass is 152 g/mol. The van der Waals surface area contributed by atoms with Crippen LogP contribution in [0.1, 0.15) is 46.5 Å². The molecule has 2 unspecified atom stereocenters. The van der Waals surface area contributed by atoms with Crippen LogP contribution in [-0.4, -0.2) is 0 Å². The van der Waals surface area contributed by atoms with Crippen LogP contribution in [0.2, 0.25) is 0 Å². The summed E-state index contributed by atoms with van der Waals surface area (Å²) in [5.74, 6) is 1.87. The summed E-state index contributed by atoms with van der Waals surface area (Å²) in [5, 5.41) is 0. The highest BCUT2D eigenvalue weighted by Crippen LogP contribution is 2.32. The van der Waals surface area contributed by atoms with Crippen molar-refractivity contribution in [1.82, 2.24) is 0 Å². The fourth-order valence-corrected chi connectivity index (χ4v) is 2.08. The molecule has 0 aromatic rings. The molecule has 64 valence electrons. The van der Waals surface area contributed by atoms with Gasteiger partial charge in [-0.2, -0.15) is 0 Å². The molecule has 1 fully saturated rings. The van der Waals surface area contributed by atoms with E-state index in [-0.39, 0.29) is 0 Å². The van der Waals surface area contributed by atoms with Gasteiger partial charge in [0, 0.05) is 0 Å². The maximum absolute atomic E-state index is 2.38. The number of allylic oxidation sites excluding steroid dienone is 2. The smallest absolute Gasteiger partial charge is 0.0204 e. The van der Waals surface area contributed by atoms with Crippen LogP contribution in [0.15, 0.2) is 11.6 Å².